The Labute approximate surface area is 571 Å². The maximum absolute atomic E-state index is 11.6. The van der Waals surface area contributed by atoms with Crippen LogP contribution in [0.3, 0.4) is 0 Å². The summed E-state index contributed by atoms with van der Waals surface area (Å²) in [6.45, 7) is 0. The van der Waals surface area contributed by atoms with Crippen LogP contribution in [0.4, 0.5) is 0 Å². The van der Waals surface area contributed by atoms with Gasteiger partial charge in [0.25, 0.3) is 91.1 Å². The van der Waals surface area contributed by atoms with Crippen molar-refractivity contribution in [2.75, 3.05) is 0 Å². The fraction of sp³-hybridized carbons (Fsp3) is 0. The van der Waals surface area contributed by atoms with Crippen LogP contribution in [-0.4, -0.2) is 117 Å². The molecular weight excluding hydrogens is 1640 g/mol. The fourth-order valence-electron chi connectivity index (χ4n) is 8.39. The Morgan fingerprint density at radius 1 is 0.198 bits per heavy atom. The summed E-state index contributed by atoms with van der Waals surface area (Å²) in [5.41, 5.74) is 0. The Balaban J connectivity index is 0.000000223. The van der Waals surface area contributed by atoms with Crippen LogP contribution in [0.1, 0.15) is 0 Å². The second kappa shape index (κ2) is 31.9. The summed E-state index contributed by atoms with van der Waals surface area (Å²) in [5, 5.41) is 3.04. The molecule has 0 saturated carbocycles. The SMILES string of the molecule is O=S(=O)(O)c1cccc(P(c2cccc(S(=O)(=O)O)c2)c2cccc(S(=O)(=O)O)c2)c1.O=S(=O)(O)c1cccc(P(c2cccc(S(=O)(=O)O)c2)c2cccc(S(=O)(=O)O)c2)c1.O=S(=O)(O)c1cccc(P(c2cccc(S(=O)(=O)O)c2)c2cccc(S(=O)(=O)O)c2)c1.[Cl][Pd][Cl]. The molecule has 0 saturated heterocycles. The molecule has 0 unspecified atom stereocenters. The van der Waals surface area contributed by atoms with Gasteiger partial charge in [0.15, 0.2) is 0 Å². The molecule has 0 amide bonds. The summed E-state index contributed by atoms with van der Waals surface area (Å²) < 4.78 is 293. The normalized spacial score (nSPS) is 12.6. The molecule has 0 heterocycles. The van der Waals surface area contributed by atoms with Gasteiger partial charge in [-0.25, -0.2) is 0 Å². The van der Waals surface area contributed by atoms with Gasteiger partial charge < -0.3 is 0 Å². The van der Waals surface area contributed by atoms with E-state index in [2.05, 4.69) is 0 Å². The van der Waals surface area contributed by atoms with Gasteiger partial charge >= 0.3 is 35.0 Å². The second-order valence-corrected chi connectivity index (χ2v) is 40.6. The zero-order valence-electron chi connectivity index (χ0n) is 47.2. The van der Waals surface area contributed by atoms with Gasteiger partial charge in [0.1, 0.15) is 0 Å². The van der Waals surface area contributed by atoms with Gasteiger partial charge in [-0.15, -0.1) is 0 Å². The molecule has 27 nitrogen and oxygen atoms in total. The molecule has 9 rings (SSSR count). The van der Waals surface area contributed by atoms with E-state index in [1.165, 1.54) is 164 Å². The summed E-state index contributed by atoms with van der Waals surface area (Å²) in [4.78, 5) is -3.67. The van der Waals surface area contributed by atoms with Gasteiger partial charge in [0.2, 0.25) is 0 Å². The maximum atomic E-state index is 11.6. The van der Waals surface area contributed by atoms with Crippen LogP contribution in [0.25, 0.3) is 0 Å². The number of halogens is 2. The summed E-state index contributed by atoms with van der Waals surface area (Å²) in [6, 6.07) is 47.2. The zero-order chi connectivity index (χ0) is 71.8. The summed E-state index contributed by atoms with van der Waals surface area (Å²) in [6.07, 6.45) is 0. The van der Waals surface area contributed by atoms with Crippen LogP contribution in [0.5, 0.6) is 0 Å². The topological polar surface area (TPSA) is 489 Å². The van der Waals surface area contributed by atoms with Gasteiger partial charge in [-0.05, 0) is 181 Å². The molecule has 0 radical (unpaired) electrons. The number of benzene rings is 9. The van der Waals surface area contributed by atoms with Crippen LogP contribution in [0, 0.1) is 0 Å². The van der Waals surface area contributed by atoms with Crippen molar-refractivity contribution < 1.29 is 133 Å². The van der Waals surface area contributed by atoms with Crippen molar-refractivity contribution in [3.63, 3.8) is 0 Å². The molecule has 96 heavy (non-hydrogen) atoms. The first kappa shape index (κ1) is 79.7. The third kappa shape index (κ3) is 22.4. The predicted octanol–water partition coefficient (Wildman–Crippen LogP) is 4.93. The van der Waals surface area contributed by atoms with Gasteiger partial charge in [0, 0.05) is 0 Å². The molecule has 0 bridgehead atoms. The van der Waals surface area contributed by atoms with E-state index in [0.29, 0.717) is 47.7 Å². The van der Waals surface area contributed by atoms with Crippen LogP contribution in [0.2, 0.25) is 0 Å². The van der Waals surface area contributed by atoms with E-state index in [9.17, 15) is 117 Å². The molecule has 9 aromatic rings. The molecule has 0 fully saturated rings. The standard InChI is InChI=1S/3C18H15O9PS3.2ClH.Pd/c3*19-29(20,21)16-7-1-4-13(10-16)28(14-5-2-8-17(11-14)30(22,23)24)15-6-3-9-18(12-15)31(25,26)27;;;/h3*1-12H,(H,19,20,21)(H,22,23,24)(H,25,26,27);2*1H;/q;;;;;+2/p-2. The van der Waals surface area contributed by atoms with Crippen molar-refractivity contribution in [1.29, 1.82) is 0 Å². The molecule has 0 aliphatic rings. The molecule has 42 heteroatoms. The summed E-state index contributed by atoms with van der Waals surface area (Å²) in [5.74, 6) is 0. The first-order valence-electron chi connectivity index (χ1n) is 25.1. The van der Waals surface area contributed by atoms with Gasteiger partial charge in [-0.2, -0.15) is 75.8 Å². The average Bonchev–Trinajstić information content (AvgIpc) is 0.802. The van der Waals surface area contributed by atoms with Crippen molar-refractivity contribution in [2.45, 2.75) is 44.1 Å². The van der Waals surface area contributed by atoms with E-state index in [-0.39, 0.29) is 15.9 Å². The molecule has 9 aromatic carbocycles. The van der Waals surface area contributed by atoms with E-state index in [0.717, 1.165) is 54.6 Å². The van der Waals surface area contributed by atoms with E-state index < -0.39 is 159 Å². The number of hydrogen-bond acceptors (Lipinski definition) is 18. The van der Waals surface area contributed by atoms with Crippen molar-refractivity contribution >= 4 is 182 Å². The van der Waals surface area contributed by atoms with Crippen molar-refractivity contribution in [3.8, 4) is 0 Å². The number of hydrogen-bond donors (Lipinski definition) is 9. The van der Waals surface area contributed by atoms with Crippen molar-refractivity contribution in [2.24, 2.45) is 0 Å². The summed E-state index contributed by atoms with van der Waals surface area (Å²) in [7, 11) is -36.6. The van der Waals surface area contributed by atoms with Crippen LogP contribution < -0.4 is 47.7 Å². The van der Waals surface area contributed by atoms with Gasteiger partial charge in [-0.3, -0.25) is 41.0 Å². The quantitative estimate of drug-likeness (QED) is 0.0312. The molecule has 0 aliphatic carbocycles. The first-order valence-corrected chi connectivity index (χ1v) is 46.1. The molecule has 516 valence electrons. The molecular formula is C54H45Cl2O27P3PdS9. The predicted molar refractivity (Wildman–Crippen MR) is 355 cm³/mol. The Morgan fingerprint density at radius 3 is 0.354 bits per heavy atom. The number of rotatable bonds is 18. The van der Waals surface area contributed by atoms with Gasteiger partial charge in [-0.1, -0.05) is 109 Å². The third-order valence-electron chi connectivity index (χ3n) is 12.4. The van der Waals surface area contributed by atoms with Crippen molar-refractivity contribution in [3.05, 3.63) is 218 Å². The second-order valence-electron chi connectivity index (χ2n) is 18.8. The van der Waals surface area contributed by atoms with Gasteiger partial charge in [0.05, 0.1) is 44.1 Å². The monoisotopic (exact) mass is 1680 g/mol. The zero-order valence-corrected chi connectivity index (χ0v) is 60.3. The van der Waals surface area contributed by atoms with E-state index in [1.54, 1.807) is 0 Å². The molecule has 0 aromatic heterocycles. The Morgan fingerprint density at radius 2 is 0.281 bits per heavy atom. The minimum atomic E-state index is -4.55. The average molecular weight is 1680 g/mol. The summed E-state index contributed by atoms with van der Waals surface area (Å²) >= 11 is -0.106. The van der Waals surface area contributed by atoms with Crippen LogP contribution in [0.15, 0.2) is 262 Å². The molecule has 9 N–H and O–H groups in total. The van der Waals surface area contributed by atoms with E-state index >= 15 is 0 Å². The molecule has 0 aliphatic heterocycles. The minimum absolute atomic E-state index is 0.106. The Kier molecular flexibility index (Phi) is 26.5. The van der Waals surface area contributed by atoms with Crippen LogP contribution in [-0.2, 0) is 107 Å². The van der Waals surface area contributed by atoms with E-state index in [4.69, 9.17) is 19.1 Å². The Hall–Kier alpha value is -5.30. The fourth-order valence-corrected chi connectivity index (χ4v) is 21.1. The van der Waals surface area contributed by atoms with E-state index in [1.807, 2.05) is 0 Å². The first-order chi connectivity index (χ1) is 44.2. The molecule has 0 atom stereocenters. The molecule has 0 spiro atoms. The van der Waals surface area contributed by atoms with Crippen LogP contribution >= 0.6 is 42.8 Å². The third-order valence-corrected chi connectivity index (χ3v) is 27.2. The Bertz CT molecular complexity index is 4430. The van der Waals surface area contributed by atoms with Crippen molar-refractivity contribution in [1.82, 2.24) is 0 Å².